The van der Waals surface area contributed by atoms with Gasteiger partial charge in [-0.15, -0.1) is 0 Å². The molecule has 0 unspecified atom stereocenters. The Morgan fingerprint density at radius 3 is 0.424 bits per heavy atom. The van der Waals surface area contributed by atoms with E-state index in [4.69, 9.17) is 25.9 Å². The van der Waals surface area contributed by atoms with Crippen LogP contribution >= 0.6 is 0 Å². The van der Waals surface area contributed by atoms with Crippen LogP contribution in [-0.2, 0) is 89.7 Å². The molecule has 2 aliphatic rings. The van der Waals surface area contributed by atoms with Crippen molar-refractivity contribution in [2.24, 2.45) is 0 Å². The van der Waals surface area contributed by atoms with Gasteiger partial charge in [-0.05, 0) is 125 Å². The van der Waals surface area contributed by atoms with Crippen LogP contribution < -0.4 is 0 Å². The van der Waals surface area contributed by atoms with Crippen molar-refractivity contribution in [3.05, 3.63) is 0 Å². The average Bonchev–Trinajstić information content (AvgIpc) is 2.84. The summed E-state index contributed by atoms with van der Waals surface area (Å²) in [6.45, 7) is 47.8. The first-order valence-corrected chi connectivity index (χ1v) is 19.5. The van der Waals surface area contributed by atoms with E-state index in [1.54, 1.807) is 0 Å². The number of hydrogen-bond donors (Lipinski definition) is 0. The largest absolute Gasteiger partial charge is 2.00 e. The van der Waals surface area contributed by atoms with Crippen LogP contribution in [0.4, 0.5) is 26.3 Å². The minimum Gasteiger partial charge on any atom is -2.00 e. The van der Waals surface area contributed by atoms with Gasteiger partial charge in [-0.3, -0.25) is 29.4 Å². The zero-order valence-corrected chi connectivity index (χ0v) is 43.0. The molecule has 2 rings (SSSR count). The number of nitrogens with zero attached hydrogens (tertiary/aromatic N) is 6. The number of hydrogen-bond acceptors (Lipinski definition) is 12. The summed E-state index contributed by atoms with van der Waals surface area (Å²) in [5.74, 6) is 0. The van der Waals surface area contributed by atoms with Gasteiger partial charge in [0, 0.05) is 75.4 Å². The SMILES string of the molecule is CC(C)(C)N1CN(C(C)(C)C)CN(C(C)(C)C)C1.CC(C)(C)N1CN(C(C)(C)C)CN(C(C)(C)C)C1.O=S(=O)([O-])C(F)(F)F.O=S(=O)([O-])C(F)(F)F.[Mo].[Mo].[O-2].[O-2].[O-2].[O-2].[O-2]. The Morgan fingerprint density at radius 1 is 0.322 bits per heavy atom. The molecular formula is C32H66F6Mo2N6O11S2-12. The number of rotatable bonds is 0. The Kier molecular flexibility index (Phi) is 36.4. The normalized spacial score (nSPS) is 17.5. The van der Waals surface area contributed by atoms with Gasteiger partial charge in [0.05, 0.1) is 40.0 Å². The molecule has 0 N–H and O–H groups in total. The van der Waals surface area contributed by atoms with Gasteiger partial charge < -0.3 is 36.5 Å². The fourth-order valence-electron chi connectivity index (χ4n) is 4.05. The van der Waals surface area contributed by atoms with Crippen LogP contribution in [0.2, 0.25) is 0 Å². The summed E-state index contributed by atoms with van der Waals surface area (Å²) in [6, 6.07) is 0. The molecule has 0 radical (unpaired) electrons. The molecule has 0 aromatic rings. The van der Waals surface area contributed by atoms with E-state index in [9.17, 15) is 26.3 Å². The standard InChI is InChI=1S/2C15H33N3.2CHF3O3S.2Mo.5O/c2*1-13(2,3)16-10-17(14(4,5)6)12-18(11-16)15(7,8)9;2*2-1(3,4)8(5,6)7;;;;;;;/h2*10-12H2,1-9H3;2*(H,5,6,7);;;;;;;/q;;;;;;5*-2/p-2. The molecule has 368 valence electrons. The van der Waals surface area contributed by atoms with Crippen molar-refractivity contribution < 1.29 is 122 Å². The zero-order chi connectivity index (χ0) is 42.7. The van der Waals surface area contributed by atoms with Gasteiger partial charge in [0.2, 0.25) is 0 Å². The topological polar surface area (TPSA) is 276 Å². The molecule has 0 bridgehead atoms. The van der Waals surface area contributed by atoms with E-state index < -0.39 is 31.3 Å². The first-order chi connectivity index (χ1) is 22.1. The summed E-state index contributed by atoms with van der Waals surface area (Å²) in [6.07, 6.45) is 0. The first-order valence-electron chi connectivity index (χ1n) is 16.7. The zero-order valence-electron chi connectivity index (χ0n) is 37.3. The smallest absolute Gasteiger partial charge is 0.485 e. The van der Waals surface area contributed by atoms with Gasteiger partial charge in [0.1, 0.15) is 0 Å². The Morgan fingerprint density at radius 2 is 0.390 bits per heavy atom. The van der Waals surface area contributed by atoms with Crippen LogP contribution in [0.25, 0.3) is 0 Å². The molecule has 0 amide bonds. The third-order valence-electron chi connectivity index (χ3n) is 8.31. The van der Waals surface area contributed by atoms with Gasteiger partial charge >= 0.3 is 11.0 Å². The molecule has 0 atom stereocenters. The average molecular weight is 1080 g/mol. The van der Waals surface area contributed by atoms with E-state index in [-0.39, 0.29) is 103 Å². The van der Waals surface area contributed by atoms with Gasteiger partial charge in [0.25, 0.3) is 0 Å². The van der Waals surface area contributed by atoms with Crippen LogP contribution in [-0.4, -0.2) is 140 Å². The fraction of sp³-hybridized carbons (Fsp3) is 1.00. The van der Waals surface area contributed by atoms with Crippen LogP contribution in [0.1, 0.15) is 125 Å². The third kappa shape index (κ3) is 30.2. The Balaban J connectivity index is -0.0000000823. The van der Waals surface area contributed by atoms with E-state index in [0.717, 1.165) is 40.0 Å². The molecule has 0 aromatic carbocycles. The van der Waals surface area contributed by atoms with Crippen LogP contribution in [0, 0.1) is 0 Å². The Labute approximate surface area is 378 Å². The van der Waals surface area contributed by atoms with Crippen molar-refractivity contribution in [2.45, 2.75) is 169 Å². The fourth-order valence-corrected chi connectivity index (χ4v) is 4.05. The van der Waals surface area contributed by atoms with Gasteiger partial charge in [-0.2, -0.15) is 26.3 Å². The molecule has 0 aromatic heterocycles. The summed E-state index contributed by atoms with van der Waals surface area (Å²) < 4.78 is 118. The second-order valence-corrected chi connectivity index (χ2v) is 21.7. The van der Waals surface area contributed by atoms with Crippen LogP contribution in [0.3, 0.4) is 0 Å². The minimum atomic E-state index is -6.09. The second-order valence-electron chi connectivity index (χ2n) is 18.9. The van der Waals surface area contributed by atoms with Crippen molar-refractivity contribution in [3.8, 4) is 0 Å². The molecule has 17 nitrogen and oxygen atoms in total. The summed E-state index contributed by atoms with van der Waals surface area (Å²) in [7, 11) is -12.2. The van der Waals surface area contributed by atoms with Crippen molar-refractivity contribution in [3.63, 3.8) is 0 Å². The van der Waals surface area contributed by atoms with Crippen molar-refractivity contribution >= 4 is 20.2 Å². The second kappa shape index (κ2) is 27.0. The first kappa shape index (κ1) is 79.7. The maximum atomic E-state index is 10.7. The molecule has 2 saturated heterocycles. The predicted octanol–water partition coefficient (Wildman–Crippen LogP) is 5.85. The Bertz CT molecular complexity index is 1140. The van der Waals surface area contributed by atoms with E-state index in [0.29, 0.717) is 0 Å². The third-order valence-corrected chi connectivity index (χ3v) is 9.44. The van der Waals surface area contributed by atoms with E-state index in [1.807, 2.05) is 0 Å². The maximum absolute atomic E-state index is 10.7. The molecule has 59 heavy (non-hydrogen) atoms. The number of alkyl halides is 6. The van der Waals surface area contributed by atoms with E-state index >= 15 is 0 Å². The van der Waals surface area contributed by atoms with Crippen molar-refractivity contribution in [2.75, 3.05) is 40.0 Å². The molecule has 0 aliphatic carbocycles. The quantitative estimate of drug-likeness (QED) is 0.120. The van der Waals surface area contributed by atoms with Gasteiger partial charge in [0.15, 0.2) is 20.2 Å². The predicted molar refractivity (Wildman–Crippen MR) is 194 cm³/mol. The minimum absolute atomic E-state index is 0. The molecule has 0 spiro atoms. The number of halogens is 6. The van der Waals surface area contributed by atoms with Crippen LogP contribution in [0.15, 0.2) is 0 Å². The molecule has 27 heteroatoms. The van der Waals surface area contributed by atoms with E-state index in [2.05, 4.69) is 154 Å². The maximum Gasteiger partial charge on any atom is 0.485 e. The molecule has 0 saturated carbocycles. The van der Waals surface area contributed by atoms with Crippen LogP contribution in [0.5, 0.6) is 0 Å². The summed E-state index contributed by atoms with van der Waals surface area (Å²) in [5.41, 5.74) is -10.00. The Hall–Kier alpha value is 0.337. The van der Waals surface area contributed by atoms with Crippen molar-refractivity contribution in [1.82, 2.24) is 29.4 Å². The summed E-state index contributed by atoms with van der Waals surface area (Å²) in [5, 5.41) is 0. The molecule has 2 heterocycles. The summed E-state index contributed by atoms with van der Waals surface area (Å²) in [4.78, 5) is 15.4. The molecular weight excluding hydrogens is 1010 g/mol. The van der Waals surface area contributed by atoms with Crippen molar-refractivity contribution in [1.29, 1.82) is 0 Å². The van der Waals surface area contributed by atoms with Gasteiger partial charge in [-0.25, -0.2) is 16.8 Å². The van der Waals surface area contributed by atoms with Gasteiger partial charge in [-0.1, -0.05) is 0 Å². The molecule has 2 aliphatic heterocycles. The molecule has 2 fully saturated rings. The monoisotopic (exact) mass is 1080 g/mol. The van der Waals surface area contributed by atoms with E-state index in [1.165, 1.54) is 0 Å². The summed E-state index contributed by atoms with van der Waals surface area (Å²) >= 11 is 0.